The first kappa shape index (κ1) is 7.84. The number of hydrogen-bond donors (Lipinski definition) is 1. The Morgan fingerprint density at radius 1 is 1.38 bits per heavy atom. The number of nitrogens with one attached hydrogen (secondary N) is 1. The fraction of sp³-hybridized carbons (Fsp3) is 0.167. The van der Waals surface area contributed by atoms with Gasteiger partial charge in [0.25, 0.3) is 11.8 Å². The Bertz CT molecular complexity index is 383. The molecule has 7 heteroatoms. The summed E-state index contributed by atoms with van der Waals surface area (Å²) in [5.41, 5.74) is 0.416. The van der Waals surface area contributed by atoms with Crippen LogP contribution in [0, 0.1) is 0 Å². The van der Waals surface area contributed by atoms with E-state index in [9.17, 15) is 8.78 Å². The Morgan fingerprint density at radius 2 is 2.23 bits per heavy atom. The number of rotatable bonds is 2. The second kappa shape index (κ2) is 2.92. The first-order valence-electron chi connectivity index (χ1n) is 3.38. The molecule has 0 saturated carbocycles. The van der Waals surface area contributed by atoms with E-state index >= 15 is 0 Å². The molecule has 0 radical (unpaired) electrons. The third-order valence-electron chi connectivity index (χ3n) is 1.36. The SMILES string of the molecule is FC(F)c1nnc(-c2ccn[nH]2)o1. The van der Waals surface area contributed by atoms with Crippen LogP contribution in [0.4, 0.5) is 8.78 Å². The van der Waals surface area contributed by atoms with E-state index in [4.69, 9.17) is 0 Å². The van der Waals surface area contributed by atoms with Gasteiger partial charge in [0.15, 0.2) is 0 Å². The van der Waals surface area contributed by atoms with E-state index in [1.54, 1.807) is 6.07 Å². The van der Waals surface area contributed by atoms with Gasteiger partial charge in [-0.3, -0.25) is 5.10 Å². The van der Waals surface area contributed by atoms with Gasteiger partial charge in [-0.2, -0.15) is 13.9 Å². The van der Waals surface area contributed by atoms with E-state index in [1.807, 2.05) is 0 Å². The summed E-state index contributed by atoms with van der Waals surface area (Å²) >= 11 is 0. The molecule has 2 heterocycles. The topological polar surface area (TPSA) is 67.6 Å². The van der Waals surface area contributed by atoms with Crippen molar-refractivity contribution in [3.8, 4) is 11.6 Å². The van der Waals surface area contributed by atoms with E-state index in [1.165, 1.54) is 6.20 Å². The highest BCUT2D eigenvalue weighted by molar-refractivity contribution is 5.44. The van der Waals surface area contributed by atoms with Crippen LogP contribution >= 0.6 is 0 Å². The standard InChI is InChI=1S/C6H4F2N4O/c7-4(8)6-12-11-5(13-6)3-1-2-9-10-3/h1-2,4H,(H,9,10). The second-order valence-electron chi connectivity index (χ2n) is 2.22. The summed E-state index contributed by atoms with van der Waals surface area (Å²) in [5.74, 6) is -0.683. The molecule has 0 aliphatic carbocycles. The molecule has 0 bridgehead atoms. The van der Waals surface area contributed by atoms with Crippen LogP contribution in [-0.4, -0.2) is 20.4 Å². The van der Waals surface area contributed by atoms with Gasteiger partial charge in [0.2, 0.25) is 0 Å². The van der Waals surface area contributed by atoms with Crippen molar-refractivity contribution < 1.29 is 13.2 Å². The summed E-state index contributed by atoms with van der Waals surface area (Å²) in [5, 5.41) is 12.7. The number of H-pyrrole nitrogens is 1. The molecule has 0 amide bonds. The molecule has 0 aliphatic heterocycles. The van der Waals surface area contributed by atoms with Gasteiger partial charge in [-0.25, -0.2) is 0 Å². The van der Waals surface area contributed by atoms with Crippen LogP contribution in [0.2, 0.25) is 0 Å². The Labute approximate surface area is 70.8 Å². The lowest BCUT2D eigenvalue weighted by Crippen LogP contribution is -1.81. The van der Waals surface area contributed by atoms with Crippen molar-refractivity contribution >= 4 is 0 Å². The Hall–Kier alpha value is -1.79. The zero-order chi connectivity index (χ0) is 9.26. The lowest BCUT2D eigenvalue weighted by molar-refractivity contribution is 0.116. The molecule has 0 atom stereocenters. The minimum Gasteiger partial charge on any atom is -0.414 e. The third-order valence-corrected chi connectivity index (χ3v) is 1.36. The Kier molecular flexibility index (Phi) is 1.76. The number of hydrogen-bond acceptors (Lipinski definition) is 4. The molecule has 0 saturated heterocycles. The van der Waals surface area contributed by atoms with E-state index in [0.717, 1.165) is 0 Å². The molecule has 0 aliphatic rings. The normalized spacial score (nSPS) is 11.0. The van der Waals surface area contributed by atoms with Gasteiger partial charge in [0, 0.05) is 6.20 Å². The average molecular weight is 186 g/mol. The third kappa shape index (κ3) is 1.40. The molecule has 0 unspecified atom stereocenters. The van der Waals surface area contributed by atoms with Crippen LogP contribution in [0.5, 0.6) is 0 Å². The summed E-state index contributed by atoms with van der Waals surface area (Å²) in [6.07, 6.45) is -1.29. The van der Waals surface area contributed by atoms with Crippen LogP contribution in [0.3, 0.4) is 0 Å². The summed E-state index contributed by atoms with van der Waals surface area (Å²) in [4.78, 5) is 0. The molecule has 2 rings (SSSR count). The van der Waals surface area contributed by atoms with Gasteiger partial charge in [0.1, 0.15) is 5.69 Å². The van der Waals surface area contributed by atoms with E-state index in [0.29, 0.717) is 5.69 Å². The van der Waals surface area contributed by atoms with Crippen molar-refractivity contribution in [2.45, 2.75) is 6.43 Å². The predicted octanol–water partition coefficient (Wildman–Crippen LogP) is 1.40. The van der Waals surface area contributed by atoms with Crippen molar-refractivity contribution in [1.29, 1.82) is 0 Å². The lowest BCUT2D eigenvalue weighted by atomic mass is 10.4. The summed E-state index contributed by atoms with van der Waals surface area (Å²) in [6.45, 7) is 0. The molecule has 0 fully saturated rings. The highest BCUT2D eigenvalue weighted by Crippen LogP contribution is 2.21. The number of aromatic nitrogens is 4. The first-order chi connectivity index (χ1) is 6.27. The van der Waals surface area contributed by atoms with E-state index in [-0.39, 0.29) is 5.89 Å². The van der Waals surface area contributed by atoms with Crippen molar-refractivity contribution in [2.24, 2.45) is 0 Å². The summed E-state index contributed by atoms with van der Waals surface area (Å²) in [7, 11) is 0. The molecule has 2 aromatic heterocycles. The smallest absolute Gasteiger partial charge is 0.314 e. The first-order valence-corrected chi connectivity index (χ1v) is 3.38. The van der Waals surface area contributed by atoms with Crippen LogP contribution < -0.4 is 0 Å². The van der Waals surface area contributed by atoms with Gasteiger partial charge in [-0.05, 0) is 6.07 Å². The minimum atomic E-state index is -2.75. The number of alkyl halides is 2. The highest BCUT2D eigenvalue weighted by Gasteiger charge is 2.17. The maximum atomic E-state index is 12.0. The molecular weight excluding hydrogens is 182 g/mol. The van der Waals surface area contributed by atoms with Crippen LogP contribution in [0.1, 0.15) is 12.3 Å². The fourth-order valence-corrected chi connectivity index (χ4v) is 0.807. The molecule has 0 aromatic carbocycles. The molecular formula is C6H4F2N4O. The summed E-state index contributed by atoms with van der Waals surface area (Å²) in [6, 6.07) is 1.54. The molecule has 2 aromatic rings. The van der Waals surface area contributed by atoms with Crippen molar-refractivity contribution in [2.75, 3.05) is 0 Å². The fourth-order valence-electron chi connectivity index (χ4n) is 0.807. The largest absolute Gasteiger partial charge is 0.414 e. The van der Waals surface area contributed by atoms with Gasteiger partial charge >= 0.3 is 6.43 Å². The van der Waals surface area contributed by atoms with Crippen LogP contribution in [0.15, 0.2) is 16.7 Å². The lowest BCUT2D eigenvalue weighted by Gasteiger charge is -1.87. The van der Waals surface area contributed by atoms with Crippen LogP contribution in [-0.2, 0) is 0 Å². The van der Waals surface area contributed by atoms with E-state index in [2.05, 4.69) is 24.8 Å². The van der Waals surface area contributed by atoms with E-state index < -0.39 is 12.3 Å². The summed E-state index contributed by atoms with van der Waals surface area (Å²) < 4.78 is 28.6. The zero-order valence-electron chi connectivity index (χ0n) is 6.24. The van der Waals surface area contributed by atoms with Gasteiger partial charge in [0.05, 0.1) is 0 Å². The Morgan fingerprint density at radius 3 is 2.77 bits per heavy atom. The maximum Gasteiger partial charge on any atom is 0.314 e. The maximum absolute atomic E-state index is 12.0. The van der Waals surface area contributed by atoms with Crippen molar-refractivity contribution in [3.63, 3.8) is 0 Å². The molecule has 1 N–H and O–H groups in total. The van der Waals surface area contributed by atoms with Gasteiger partial charge in [-0.1, -0.05) is 0 Å². The number of aromatic amines is 1. The quantitative estimate of drug-likeness (QED) is 0.769. The minimum absolute atomic E-state index is 0.00722. The van der Waals surface area contributed by atoms with Crippen molar-refractivity contribution in [1.82, 2.24) is 20.4 Å². The van der Waals surface area contributed by atoms with Gasteiger partial charge < -0.3 is 4.42 Å². The number of halogens is 2. The second-order valence-corrected chi connectivity index (χ2v) is 2.22. The Balaban J connectivity index is 2.33. The van der Waals surface area contributed by atoms with Crippen molar-refractivity contribution in [3.05, 3.63) is 18.2 Å². The van der Waals surface area contributed by atoms with Crippen LogP contribution in [0.25, 0.3) is 11.6 Å². The molecule has 5 nitrogen and oxygen atoms in total. The predicted molar refractivity (Wildman–Crippen MR) is 36.8 cm³/mol. The molecule has 68 valence electrons. The molecule has 0 spiro atoms. The zero-order valence-corrected chi connectivity index (χ0v) is 6.24. The monoisotopic (exact) mass is 186 g/mol. The average Bonchev–Trinajstić information content (AvgIpc) is 2.75. The number of nitrogens with zero attached hydrogens (tertiary/aromatic N) is 3. The highest BCUT2D eigenvalue weighted by atomic mass is 19.3. The molecule has 13 heavy (non-hydrogen) atoms. The van der Waals surface area contributed by atoms with Gasteiger partial charge in [-0.15, -0.1) is 10.2 Å².